The monoisotopic (exact) mass is 202 g/mol. The topological polar surface area (TPSA) is 46.5 Å². The van der Waals surface area contributed by atoms with Crippen molar-refractivity contribution in [1.29, 1.82) is 0 Å². The van der Waals surface area contributed by atoms with Gasteiger partial charge in [-0.2, -0.15) is 0 Å². The molecule has 0 heterocycles. The van der Waals surface area contributed by atoms with E-state index < -0.39 is 12.1 Å². The van der Waals surface area contributed by atoms with Crippen LogP contribution in [0.2, 0.25) is 0 Å². The molecule has 0 radical (unpaired) electrons. The van der Waals surface area contributed by atoms with Crippen LogP contribution >= 0.6 is 0 Å². The maximum absolute atomic E-state index is 11.0. The van der Waals surface area contributed by atoms with Gasteiger partial charge in [0.15, 0.2) is 6.10 Å². The van der Waals surface area contributed by atoms with Crippen LogP contribution in [0.4, 0.5) is 0 Å². The molecular weight excluding hydrogens is 180 g/mol. The zero-order valence-corrected chi connectivity index (χ0v) is 9.45. The lowest BCUT2D eigenvalue weighted by Gasteiger charge is -2.17. The van der Waals surface area contributed by atoms with Gasteiger partial charge in [0.25, 0.3) is 0 Å². The minimum Gasteiger partial charge on any atom is -0.467 e. The molecule has 14 heavy (non-hydrogen) atoms. The summed E-state index contributed by atoms with van der Waals surface area (Å²) in [5.74, 6) is -0.0682. The van der Waals surface area contributed by atoms with Crippen LogP contribution in [0.3, 0.4) is 0 Å². The smallest absolute Gasteiger partial charge is 0.334 e. The largest absolute Gasteiger partial charge is 0.467 e. The van der Waals surface area contributed by atoms with Gasteiger partial charge < -0.3 is 9.84 Å². The van der Waals surface area contributed by atoms with Crippen molar-refractivity contribution in [1.82, 2.24) is 0 Å². The molecule has 0 aliphatic heterocycles. The van der Waals surface area contributed by atoms with Gasteiger partial charge in [-0.05, 0) is 12.3 Å². The van der Waals surface area contributed by atoms with Crippen LogP contribution in [-0.4, -0.2) is 24.3 Å². The summed E-state index contributed by atoms with van der Waals surface area (Å²) in [6.07, 6.45) is 3.93. The summed E-state index contributed by atoms with van der Waals surface area (Å²) in [6, 6.07) is 0. The summed E-state index contributed by atoms with van der Waals surface area (Å²) in [6.45, 7) is 4.24. The van der Waals surface area contributed by atoms with Gasteiger partial charge >= 0.3 is 5.97 Å². The highest BCUT2D eigenvalue weighted by molar-refractivity contribution is 5.74. The predicted octanol–water partition coefficient (Wildman–Crippen LogP) is 2.13. The molecular formula is C11H22O3. The maximum Gasteiger partial charge on any atom is 0.334 e. The van der Waals surface area contributed by atoms with Gasteiger partial charge in [-0.25, -0.2) is 4.79 Å². The Hall–Kier alpha value is -0.570. The molecule has 0 rings (SSSR count). The molecule has 0 saturated carbocycles. The number of ether oxygens (including phenoxy) is 1. The molecule has 3 heteroatoms. The average Bonchev–Trinajstić information content (AvgIpc) is 2.17. The molecule has 0 aliphatic carbocycles. The van der Waals surface area contributed by atoms with E-state index in [0.717, 1.165) is 25.7 Å². The second-order valence-electron chi connectivity index (χ2n) is 3.72. The third-order valence-corrected chi connectivity index (χ3v) is 2.42. The lowest BCUT2D eigenvalue weighted by Crippen LogP contribution is -2.24. The number of aliphatic hydroxyl groups excluding tert-OH is 1. The van der Waals surface area contributed by atoms with E-state index in [1.165, 1.54) is 7.11 Å². The Balaban J connectivity index is 3.94. The molecule has 0 spiro atoms. The van der Waals surface area contributed by atoms with Crippen LogP contribution in [0.25, 0.3) is 0 Å². The quantitative estimate of drug-likeness (QED) is 0.643. The van der Waals surface area contributed by atoms with Crippen LogP contribution < -0.4 is 0 Å². The second-order valence-corrected chi connectivity index (χ2v) is 3.72. The molecule has 84 valence electrons. The fourth-order valence-corrected chi connectivity index (χ4v) is 1.74. The zero-order chi connectivity index (χ0) is 11.0. The van der Waals surface area contributed by atoms with Crippen LogP contribution in [0.5, 0.6) is 0 Å². The van der Waals surface area contributed by atoms with Crippen molar-refractivity contribution in [2.75, 3.05) is 7.11 Å². The highest BCUT2D eigenvalue weighted by atomic mass is 16.5. The van der Waals surface area contributed by atoms with E-state index in [-0.39, 0.29) is 0 Å². The molecule has 0 amide bonds. The highest BCUT2D eigenvalue weighted by Gasteiger charge is 2.20. The number of carbonyl (C=O) groups is 1. The molecule has 1 N–H and O–H groups in total. The van der Waals surface area contributed by atoms with Crippen LogP contribution in [0, 0.1) is 5.92 Å². The van der Waals surface area contributed by atoms with E-state index in [2.05, 4.69) is 18.6 Å². The Morgan fingerprint density at radius 3 is 2.14 bits per heavy atom. The number of hydrogen-bond donors (Lipinski definition) is 1. The van der Waals surface area contributed by atoms with E-state index >= 15 is 0 Å². The van der Waals surface area contributed by atoms with Crippen molar-refractivity contribution in [3.05, 3.63) is 0 Å². The van der Waals surface area contributed by atoms with Gasteiger partial charge in [-0.1, -0.05) is 39.5 Å². The molecule has 0 aromatic heterocycles. The lowest BCUT2D eigenvalue weighted by atomic mass is 9.92. The third kappa shape index (κ3) is 5.22. The van der Waals surface area contributed by atoms with Gasteiger partial charge in [0.2, 0.25) is 0 Å². The van der Waals surface area contributed by atoms with Crippen molar-refractivity contribution in [2.24, 2.45) is 5.92 Å². The van der Waals surface area contributed by atoms with Gasteiger partial charge in [0.05, 0.1) is 7.11 Å². The first kappa shape index (κ1) is 13.4. The minimum atomic E-state index is -0.942. The Kier molecular flexibility index (Phi) is 7.48. The first-order chi connectivity index (χ1) is 6.65. The standard InChI is InChI=1S/C11H22O3/c1-4-6-9(7-5-2)8-10(12)11(13)14-3/h9-10,12H,4-8H2,1-3H3. The molecule has 1 unspecified atom stereocenters. The van der Waals surface area contributed by atoms with E-state index in [1.54, 1.807) is 0 Å². The number of carbonyl (C=O) groups excluding carboxylic acids is 1. The van der Waals surface area contributed by atoms with E-state index in [9.17, 15) is 9.90 Å². The van der Waals surface area contributed by atoms with Crippen LogP contribution in [0.15, 0.2) is 0 Å². The zero-order valence-electron chi connectivity index (χ0n) is 9.45. The van der Waals surface area contributed by atoms with Gasteiger partial charge in [0.1, 0.15) is 0 Å². The van der Waals surface area contributed by atoms with Gasteiger partial charge in [0, 0.05) is 0 Å². The summed E-state index contributed by atoms with van der Waals surface area (Å²) >= 11 is 0. The Morgan fingerprint density at radius 1 is 1.29 bits per heavy atom. The molecule has 0 aromatic carbocycles. The number of methoxy groups -OCH3 is 1. The van der Waals surface area contributed by atoms with E-state index in [4.69, 9.17) is 0 Å². The number of esters is 1. The maximum atomic E-state index is 11.0. The molecule has 3 nitrogen and oxygen atoms in total. The van der Waals surface area contributed by atoms with Crippen molar-refractivity contribution in [2.45, 2.75) is 52.1 Å². The summed E-state index contributed by atoms with van der Waals surface area (Å²) in [4.78, 5) is 11.0. The van der Waals surface area contributed by atoms with Crippen LogP contribution in [-0.2, 0) is 9.53 Å². The Bertz CT molecular complexity index is 151. The van der Waals surface area contributed by atoms with Gasteiger partial charge in [-0.15, -0.1) is 0 Å². The van der Waals surface area contributed by atoms with Crippen molar-refractivity contribution in [3.63, 3.8) is 0 Å². The van der Waals surface area contributed by atoms with E-state index in [1.807, 2.05) is 0 Å². The first-order valence-corrected chi connectivity index (χ1v) is 5.41. The van der Waals surface area contributed by atoms with Crippen molar-refractivity contribution >= 4 is 5.97 Å². The lowest BCUT2D eigenvalue weighted by molar-refractivity contribution is -0.151. The van der Waals surface area contributed by atoms with Crippen molar-refractivity contribution in [3.8, 4) is 0 Å². The fourth-order valence-electron chi connectivity index (χ4n) is 1.74. The predicted molar refractivity (Wildman–Crippen MR) is 55.9 cm³/mol. The Morgan fingerprint density at radius 2 is 1.79 bits per heavy atom. The summed E-state index contributed by atoms with van der Waals surface area (Å²) in [7, 11) is 1.31. The van der Waals surface area contributed by atoms with E-state index in [0.29, 0.717) is 12.3 Å². The normalized spacial score (nSPS) is 12.9. The summed E-state index contributed by atoms with van der Waals surface area (Å²) < 4.78 is 4.48. The number of rotatable bonds is 7. The minimum absolute atomic E-state index is 0.444. The second kappa shape index (κ2) is 7.80. The third-order valence-electron chi connectivity index (χ3n) is 2.42. The SMILES string of the molecule is CCCC(CCC)CC(O)C(=O)OC. The summed E-state index contributed by atoms with van der Waals surface area (Å²) in [5, 5.41) is 9.47. The Labute approximate surface area is 86.5 Å². The van der Waals surface area contributed by atoms with Crippen molar-refractivity contribution < 1.29 is 14.6 Å². The fraction of sp³-hybridized carbons (Fsp3) is 0.909. The molecule has 0 saturated heterocycles. The molecule has 1 atom stereocenters. The number of hydrogen-bond acceptors (Lipinski definition) is 3. The molecule has 0 aliphatic rings. The molecule has 0 fully saturated rings. The number of aliphatic hydroxyl groups is 1. The first-order valence-electron chi connectivity index (χ1n) is 5.41. The van der Waals surface area contributed by atoms with Crippen LogP contribution in [0.1, 0.15) is 46.0 Å². The average molecular weight is 202 g/mol. The van der Waals surface area contributed by atoms with Gasteiger partial charge in [-0.3, -0.25) is 0 Å². The highest BCUT2D eigenvalue weighted by Crippen LogP contribution is 2.19. The summed E-state index contributed by atoms with van der Waals surface area (Å²) in [5.41, 5.74) is 0. The molecule has 0 aromatic rings. The molecule has 0 bridgehead atoms.